The minimum atomic E-state index is -0.483. The summed E-state index contributed by atoms with van der Waals surface area (Å²) < 4.78 is 119. The summed E-state index contributed by atoms with van der Waals surface area (Å²) in [6.45, 7) is 44.1. The number of methoxy groups -OCH3 is 4. The highest BCUT2D eigenvalue weighted by Gasteiger charge is 2.64. The van der Waals surface area contributed by atoms with Crippen LogP contribution in [0, 0.1) is 0 Å². The van der Waals surface area contributed by atoms with E-state index in [-0.39, 0.29) is 27.8 Å². The second-order valence-electron chi connectivity index (χ2n) is 31.5. The first-order chi connectivity index (χ1) is 49.2. The molecule has 4 saturated heterocycles. The largest absolute Gasteiger partial charge is 0.494 e. The molecular weight excluding hydrogens is 1460 g/mol. The van der Waals surface area contributed by atoms with E-state index in [1.807, 2.05) is 55.4 Å². The molecule has 4 fully saturated rings. The lowest BCUT2D eigenvalue weighted by Gasteiger charge is -2.33. The first kappa shape index (κ1) is 86.9. The van der Waals surface area contributed by atoms with E-state index in [9.17, 15) is 0 Å². The fourth-order valence-corrected chi connectivity index (χ4v) is 14.1. The van der Waals surface area contributed by atoms with Crippen LogP contribution >= 0.6 is 31.9 Å². The number of ether oxygens (including phenoxy) is 12. The average Bonchev–Trinajstić information content (AvgIpc) is 1.55. The number of rotatable bonds is 39. The molecule has 4 aromatic carbocycles. The molecule has 4 aromatic rings. The van der Waals surface area contributed by atoms with Gasteiger partial charge in [-0.25, -0.2) is 0 Å². The highest BCUT2D eigenvalue weighted by Crippen LogP contribution is 2.56. The molecule has 0 spiro atoms. The van der Waals surface area contributed by atoms with Crippen LogP contribution < -0.4 is 10.9 Å². The lowest BCUT2D eigenvalue weighted by Crippen LogP contribution is -2.41. The molecule has 0 atom stereocenters. The molecule has 2 aliphatic carbocycles. The third-order valence-electron chi connectivity index (χ3n) is 22.4. The van der Waals surface area contributed by atoms with Crippen molar-refractivity contribution in [2.24, 2.45) is 0 Å². The molecule has 0 N–H and O–H groups in total. The minimum Gasteiger partial charge on any atom is -0.405 e. The van der Waals surface area contributed by atoms with Gasteiger partial charge in [-0.1, -0.05) is 80.4 Å². The van der Waals surface area contributed by atoms with Crippen molar-refractivity contribution >= 4 is 71.0 Å². The van der Waals surface area contributed by atoms with Crippen LogP contribution in [-0.2, 0) is 105 Å². The third-order valence-corrected chi connectivity index (χ3v) is 23.4. The zero-order valence-electron chi connectivity index (χ0n) is 66.1. The van der Waals surface area contributed by atoms with Gasteiger partial charge < -0.3 is 94.1 Å². The molecule has 0 unspecified atom stereocenters. The lowest BCUT2D eigenvalue weighted by atomic mass is 9.49. The zero-order chi connectivity index (χ0) is 75.8. The molecule has 4 heterocycles. The molecule has 0 bridgehead atoms. The summed E-state index contributed by atoms with van der Waals surface area (Å²) in [6.07, 6.45) is 3.17. The standard InChI is InChI=1S/C39H60B2O10.C27H36Br2O6.C12H24B2O4/c1-35(2)36(3,4)49-40(48-35)29-11-13-31-32-14-12-30(41-50-37(5,6)38(7,8)51-41)28-34(32)39(33(31)27-29,15-17-44-23-25-46-21-19-42-9)16-18-45-24-26-47-22-20-43-10;1-30-11-13-34-17-15-32-9-7-27(8-10-33-16-18-35-14-12-31-2)25-19-21(28)3-5-23(25)24-6-4-22(29)20-26(24)27;1-9(2)10(3,4)16-13(15-9)14-17-11(5,6)12(7,8)18-14/h11-14,27-28H,15-26H2,1-10H3;3-6,19-20H,7-18H2,1-2H3;1-8H3. The predicted molar refractivity (Wildman–Crippen MR) is 417 cm³/mol. The Morgan fingerprint density at radius 2 is 0.462 bits per heavy atom. The van der Waals surface area contributed by atoms with Crippen molar-refractivity contribution in [2.75, 3.05) is 161 Å². The fraction of sp³-hybridized carbons (Fsp3) is 0.692. The molecule has 6 aliphatic rings. The van der Waals surface area contributed by atoms with Gasteiger partial charge in [0.1, 0.15) is 0 Å². The van der Waals surface area contributed by atoms with Crippen LogP contribution in [0.15, 0.2) is 81.7 Å². The number of hydrogen-bond acceptors (Lipinski definition) is 20. The average molecular weight is 1580 g/mol. The van der Waals surface area contributed by atoms with Crippen LogP contribution in [0.2, 0.25) is 0 Å². The molecular formula is C78H120B4Br2O20. The SMILES string of the molecule is CC1(C)OB(B2OC(C)(C)C(C)(C)O2)OC1(C)C.COCCOCCOCCC1(CCOCCOCCOC)c2cc(B3OC(C)(C)C(C)(C)O3)ccc2-c2ccc(B3OC(C)(C)C(C)(C)O3)cc21.COCCOCCOCCC1(CCOCCOCCOC)c2cc(Br)ccc2-c2ccc(Br)cc21. The smallest absolute Gasteiger partial charge is 0.405 e. The van der Waals surface area contributed by atoms with Crippen LogP contribution in [0.3, 0.4) is 0 Å². The summed E-state index contributed by atoms with van der Waals surface area (Å²) in [4.78, 5) is 0. The van der Waals surface area contributed by atoms with Crippen molar-refractivity contribution in [3.63, 3.8) is 0 Å². The van der Waals surface area contributed by atoms with Gasteiger partial charge in [0.2, 0.25) is 0 Å². The van der Waals surface area contributed by atoms with Crippen LogP contribution in [0.1, 0.15) is 159 Å². The highest BCUT2D eigenvalue weighted by atomic mass is 79.9. The van der Waals surface area contributed by atoms with Crippen molar-refractivity contribution < 1.29 is 94.1 Å². The van der Waals surface area contributed by atoms with Gasteiger partial charge >= 0.3 is 28.3 Å². The number of benzene rings is 4. The monoisotopic (exact) mass is 1580 g/mol. The quantitative estimate of drug-likeness (QED) is 0.0303. The van der Waals surface area contributed by atoms with E-state index in [1.165, 1.54) is 44.5 Å². The number of fused-ring (bicyclic) bond motifs is 6. The van der Waals surface area contributed by atoms with Crippen molar-refractivity contribution in [2.45, 2.75) is 192 Å². The van der Waals surface area contributed by atoms with Crippen molar-refractivity contribution in [3.05, 3.63) is 104 Å². The summed E-state index contributed by atoms with van der Waals surface area (Å²) in [5.74, 6) is 0. The summed E-state index contributed by atoms with van der Waals surface area (Å²) >= 11 is 7.39. The molecule has 26 heteroatoms. The van der Waals surface area contributed by atoms with E-state index in [4.69, 9.17) is 94.1 Å². The first-order valence-corrected chi connectivity index (χ1v) is 38.7. The zero-order valence-corrected chi connectivity index (χ0v) is 69.3. The van der Waals surface area contributed by atoms with Crippen LogP contribution in [-0.4, -0.2) is 234 Å². The predicted octanol–water partition coefficient (Wildman–Crippen LogP) is 12.6. The molecule has 104 heavy (non-hydrogen) atoms. The van der Waals surface area contributed by atoms with Gasteiger partial charge in [-0.05, 0) is 216 Å². The molecule has 0 saturated carbocycles. The molecule has 10 rings (SSSR count). The van der Waals surface area contributed by atoms with E-state index in [2.05, 4.69) is 160 Å². The molecule has 578 valence electrons. The van der Waals surface area contributed by atoms with Crippen LogP contribution in [0.5, 0.6) is 0 Å². The first-order valence-electron chi connectivity index (χ1n) is 37.1. The van der Waals surface area contributed by atoms with E-state index >= 15 is 0 Å². The second kappa shape index (κ2) is 38.0. The fourth-order valence-electron chi connectivity index (χ4n) is 13.4. The van der Waals surface area contributed by atoms with Gasteiger partial charge in [0.05, 0.1) is 151 Å². The maximum absolute atomic E-state index is 6.54. The Kier molecular flexibility index (Phi) is 31.8. The Balaban J connectivity index is 0.000000221. The molecule has 20 nitrogen and oxygen atoms in total. The summed E-state index contributed by atoms with van der Waals surface area (Å²) in [5, 5.41) is 0. The molecule has 0 radical (unpaired) electrons. The molecule has 0 aromatic heterocycles. The maximum Gasteiger partial charge on any atom is 0.494 e. The van der Waals surface area contributed by atoms with Crippen molar-refractivity contribution in [3.8, 4) is 22.3 Å². The number of hydrogen-bond donors (Lipinski definition) is 0. The van der Waals surface area contributed by atoms with Crippen molar-refractivity contribution in [1.82, 2.24) is 0 Å². The lowest BCUT2D eigenvalue weighted by molar-refractivity contribution is 0.00578. The maximum atomic E-state index is 6.54. The minimum absolute atomic E-state index is 0.202. The van der Waals surface area contributed by atoms with Crippen molar-refractivity contribution in [1.29, 1.82) is 0 Å². The van der Waals surface area contributed by atoms with Gasteiger partial charge in [-0.15, -0.1) is 0 Å². The van der Waals surface area contributed by atoms with Gasteiger partial charge in [0.25, 0.3) is 0 Å². The Hall–Kier alpha value is -2.70. The second-order valence-corrected chi connectivity index (χ2v) is 33.3. The van der Waals surface area contributed by atoms with Gasteiger partial charge in [0, 0.05) is 74.6 Å². The highest BCUT2D eigenvalue weighted by molar-refractivity contribution is 9.10. The van der Waals surface area contributed by atoms with Crippen LogP contribution in [0.4, 0.5) is 0 Å². The van der Waals surface area contributed by atoms with E-state index in [0.717, 1.165) is 45.6 Å². The van der Waals surface area contributed by atoms with Gasteiger partial charge in [-0.3, -0.25) is 0 Å². The topological polar surface area (TPSA) is 185 Å². The normalized spacial score (nSPS) is 20.2. The Morgan fingerprint density at radius 3 is 0.702 bits per heavy atom. The molecule has 0 amide bonds. The Morgan fingerprint density at radius 1 is 0.260 bits per heavy atom. The van der Waals surface area contributed by atoms with Gasteiger partial charge in [0.15, 0.2) is 0 Å². The van der Waals surface area contributed by atoms with Gasteiger partial charge in [-0.2, -0.15) is 0 Å². The van der Waals surface area contributed by atoms with E-state index < -0.39 is 56.1 Å². The third kappa shape index (κ3) is 21.1. The number of halogens is 2. The summed E-state index contributed by atoms with van der Waals surface area (Å²) in [5.41, 5.74) is 8.13. The van der Waals surface area contributed by atoms with Crippen LogP contribution in [0.25, 0.3) is 22.3 Å². The molecule has 4 aliphatic heterocycles. The van der Waals surface area contributed by atoms with E-state index in [0.29, 0.717) is 132 Å². The van der Waals surface area contributed by atoms with E-state index in [1.54, 1.807) is 28.4 Å². The summed E-state index contributed by atoms with van der Waals surface area (Å²) in [7, 11) is 4.77. The summed E-state index contributed by atoms with van der Waals surface area (Å²) in [6, 6.07) is 26.5. The Labute approximate surface area is 640 Å². The Bertz CT molecular complexity index is 3060.